The molecule has 1 amide bonds. The van der Waals surface area contributed by atoms with Crippen molar-refractivity contribution in [3.05, 3.63) is 65.4 Å². The molecule has 166 valence electrons. The number of furan rings is 2. The van der Waals surface area contributed by atoms with Crippen LogP contribution < -0.4 is 10.6 Å². The molecule has 0 aliphatic heterocycles. The predicted molar refractivity (Wildman–Crippen MR) is 124 cm³/mol. The molecule has 8 nitrogen and oxygen atoms in total. The molecule has 0 spiro atoms. The van der Waals surface area contributed by atoms with Gasteiger partial charge in [-0.15, -0.1) is 0 Å². The molecule has 9 heteroatoms. The largest absolute Gasteiger partial charge is 0.468 e. The van der Waals surface area contributed by atoms with Gasteiger partial charge in [-0.25, -0.2) is 9.97 Å². The number of halogens is 1. The Morgan fingerprint density at radius 3 is 2.88 bits per heavy atom. The van der Waals surface area contributed by atoms with Gasteiger partial charge >= 0.3 is 0 Å². The molecule has 4 aromatic rings. The summed E-state index contributed by atoms with van der Waals surface area (Å²) in [5, 5.41) is 7.42. The minimum absolute atomic E-state index is 0.107. The number of benzene rings is 1. The van der Waals surface area contributed by atoms with Gasteiger partial charge in [-0.2, -0.15) is 0 Å². The average molecular weight is 454 g/mol. The van der Waals surface area contributed by atoms with Crippen LogP contribution in [0.2, 0.25) is 5.02 Å². The molecule has 0 aliphatic carbocycles. The van der Waals surface area contributed by atoms with Gasteiger partial charge in [0.2, 0.25) is 5.91 Å². The fourth-order valence-corrected chi connectivity index (χ4v) is 3.49. The summed E-state index contributed by atoms with van der Waals surface area (Å²) >= 11 is 6.13. The second kappa shape index (κ2) is 9.84. The molecule has 0 unspecified atom stereocenters. The van der Waals surface area contributed by atoms with Crippen molar-refractivity contribution in [3.8, 4) is 11.4 Å². The van der Waals surface area contributed by atoms with Gasteiger partial charge in [0.05, 0.1) is 24.9 Å². The zero-order valence-electron chi connectivity index (χ0n) is 17.9. The number of carbonyl (C=O) groups is 1. The molecule has 0 saturated carbocycles. The standard InChI is InChI=1S/C23H24ClN5O3/c1-15-10-21(26-12-22(30)25-7-8-29(2)13-17-4-3-9-31-17)28-23(27-15)19-14-32-20-6-5-16(24)11-18(19)20/h3-6,9-11,14H,7-8,12-13H2,1-2H3,(H,25,30)(H,26,27,28). The lowest BCUT2D eigenvalue weighted by atomic mass is 10.1. The maximum Gasteiger partial charge on any atom is 0.239 e. The van der Waals surface area contributed by atoms with E-state index >= 15 is 0 Å². The van der Waals surface area contributed by atoms with Gasteiger partial charge < -0.3 is 19.5 Å². The first-order chi connectivity index (χ1) is 15.5. The van der Waals surface area contributed by atoms with Gasteiger partial charge in [0.1, 0.15) is 23.4 Å². The highest BCUT2D eigenvalue weighted by Gasteiger charge is 2.13. The van der Waals surface area contributed by atoms with Crippen LogP contribution in [-0.2, 0) is 11.3 Å². The number of hydrogen-bond acceptors (Lipinski definition) is 7. The van der Waals surface area contributed by atoms with Gasteiger partial charge in [-0.3, -0.25) is 9.69 Å². The van der Waals surface area contributed by atoms with Crippen molar-refractivity contribution < 1.29 is 13.6 Å². The van der Waals surface area contributed by atoms with Gasteiger partial charge in [0.25, 0.3) is 0 Å². The van der Waals surface area contributed by atoms with Gasteiger partial charge in [0, 0.05) is 35.3 Å². The highest BCUT2D eigenvalue weighted by molar-refractivity contribution is 6.31. The van der Waals surface area contributed by atoms with E-state index in [0.29, 0.717) is 41.9 Å². The second-order valence-corrected chi connectivity index (χ2v) is 7.97. The van der Waals surface area contributed by atoms with Crippen molar-refractivity contribution in [2.75, 3.05) is 32.0 Å². The van der Waals surface area contributed by atoms with E-state index in [-0.39, 0.29) is 12.5 Å². The summed E-state index contributed by atoms with van der Waals surface area (Å²) in [6, 6.07) is 11.0. The van der Waals surface area contributed by atoms with Crippen LogP contribution in [0.1, 0.15) is 11.5 Å². The number of nitrogens with one attached hydrogen (secondary N) is 2. The van der Waals surface area contributed by atoms with Crippen LogP contribution in [0.3, 0.4) is 0 Å². The number of anilines is 1. The Hall–Kier alpha value is -3.36. The number of aryl methyl sites for hydroxylation is 1. The molecule has 0 saturated heterocycles. The molecule has 0 fully saturated rings. The number of fused-ring (bicyclic) bond motifs is 1. The van der Waals surface area contributed by atoms with Crippen molar-refractivity contribution in [3.63, 3.8) is 0 Å². The van der Waals surface area contributed by atoms with Crippen LogP contribution in [0.4, 0.5) is 5.82 Å². The lowest BCUT2D eigenvalue weighted by Crippen LogP contribution is -2.36. The first kappa shape index (κ1) is 21.9. The second-order valence-electron chi connectivity index (χ2n) is 7.53. The third kappa shape index (κ3) is 5.46. The molecule has 0 bridgehead atoms. The Bertz CT molecular complexity index is 1210. The van der Waals surface area contributed by atoms with E-state index in [1.807, 2.05) is 38.2 Å². The van der Waals surface area contributed by atoms with Crippen molar-refractivity contribution in [1.29, 1.82) is 0 Å². The van der Waals surface area contributed by atoms with Crippen LogP contribution in [-0.4, -0.2) is 47.5 Å². The number of likely N-dealkylation sites (N-methyl/N-ethyl adjacent to an activating group) is 1. The molecule has 0 aliphatic rings. The Morgan fingerprint density at radius 1 is 1.19 bits per heavy atom. The van der Waals surface area contributed by atoms with Gasteiger partial charge in [0.15, 0.2) is 5.82 Å². The summed E-state index contributed by atoms with van der Waals surface area (Å²) in [5.74, 6) is 1.85. The van der Waals surface area contributed by atoms with E-state index in [0.717, 1.165) is 22.4 Å². The first-order valence-electron chi connectivity index (χ1n) is 10.2. The summed E-state index contributed by atoms with van der Waals surface area (Å²) in [4.78, 5) is 23.4. The molecule has 4 rings (SSSR count). The predicted octanol–water partition coefficient (Wildman–Crippen LogP) is 4.10. The number of rotatable bonds is 9. The number of nitrogens with zero attached hydrogens (tertiary/aromatic N) is 3. The molecule has 1 aromatic carbocycles. The zero-order valence-corrected chi connectivity index (χ0v) is 18.6. The highest BCUT2D eigenvalue weighted by atomic mass is 35.5. The molecular weight excluding hydrogens is 430 g/mol. The van der Waals surface area contributed by atoms with Crippen LogP contribution >= 0.6 is 11.6 Å². The topological polar surface area (TPSA) is 96.4 Å². The summed E-state index contributed by atoms with van der Waals surface area (Å²) in [5.41, 5.74) is 2.23. The number of hydrogen-bond donors (Lipinski definition) is 2. The monoisotopic (exact) mass is 453 g/mol. The smallest absolute Gasteiger partial charge is 0.239 e. The molecule has 0 radical (unpaired) electrons. The summed E-state index contributed by atoms with van der Waals surface area (Å²) < 4.78 is 10.9. The Morgan fingerprint density at radius 2 is 2.06 bits per heavy atom. The fraction of sp³-hybridized carbons (Fsp3) is 0.261. The SMILES string of the molecule is Cc1cc(NCC(=O)NCCN(C)Cc2ccco2)nc(-c2coc3ccc(Cl)cc23)n1. The molecule has 2 N–H and O–H groups in total. The zero-order chi connectivity index (χ0) is 22.5. The molecule has 32 heavy (non-hydrogen) atoms. The minimum atomic E-state index is -0.116. The van der Waals surface area contributed by atoms with Gasteiger partial charge in [-0.05, 0) is 44.3 Å². The third-order valence-corrected chi connectivity index (χ3v) is 5.12. The molecule has 3 heterocycles. The summed E-state index contributed by atoms with van der Waals surface area (Å²) in [6.07, 6.45) is 3.27. The molecule has 0 atom stereocenters. The Kier molecular flexibility index (Phi) is 6.72. The first-order valence-corrected chi connectivity index (χ1v) is 10.6. The van der Waals surface area contributed by atoms with E-state index in [1.54, 1.807) is 24.7 Å². The lowest BCUT2D eigenvalue weighted by Gasteiger charge is -2.15. The average Bonchev–Trinajstić information content (AvgIpc) is 3.41. The summed E-state index contributed by atoms with van der Waals surface area (Å²) in [6.45, 7) is 3.92. The van der Waals surface area contributed by atoms with Crippen molar-refractivity contribution in [2.45, 2.75) is 13.5 Å². The molecular formula is C23H24ClN5O3. The van der Waals surface area contributed by atoms with E-state index in [1.165, 1.54) is 0 Å². The number of amides is 1. The maximum atomic E-state index is 12.2. The number of carbonyl (C=O) groups excluding carboxylic acids is 1. The maximum absolute atomic E-state index is 12.2. The quantitative estimate of drug-likeness (QED) is 0.393. The van der Waals surface area contributed by atoms with E-state index in [9.17, 15) is 4.79 Å². The summed E-state index contributed by atoms with van der Waals surface area (Å²) in [7, 11) is 1.98. The highest BCUT2D eigenvalue weighted by Crippen LogP contribution is 2.31. The van der Waals surface area contributed by atoms with Gasteiger partial charge in [-0.1, -0.05) is 11.6 Å². The Labute approximate surface area is 190 Å². The van der Waals surface area contributed by atoms with Crippen LogP contribution in [0.25, 0.3) is 22.4 Å². The van der Waals surface area contributed by atoms with E-state index < -0.39 is 0 Å². The van der Waals surface area contributed by atoms with Crippen LogP contribution in [0, 0.1) is 6.92 Å². The van der Waals surface area contributed by atoms with Crippen LogP contribution in [0.15, 0.2) is 57.8 Å². The fourth-order valence-electron chi connectivity index (χ4n) is 3.32. The minimum Gasteiger partial charge on any atom is -0.468 e. The van der Waals surface area contributed by atoms with Crippen LogP contribution in [0.5, 0.6) is 0 Å². The lowest BCUT2D eigenvalue weighted by molar-refractivity contribution is -0.119. The van der Waals surface area contributed by atoms with Crippen molar-refractivity contribution in [2.24, 2.45) is 0 Å². The third-order valence-electron chi connectivity index (χ3n) is 4.88. The van der Waals surface area contributed by atoms with E-state index in [2.05, 4.69) is 25.5 Å². The van der Waals surface area contributed by atoms with Crippen molar-refractivity contribution >= 4 is 34.3 Å². The number of aromatic nitrogens is 2. The van der Waals surface area contributed by atoms with E-state index in [4.69, 9.17) is 20.4 Å². The normalized spacial score (nSPS) is 11.2. The van der Waals surface area contributed by atoms with Crippen molar-refractivity contribution in [1.82, 2.24) is 20.2 Å². The Balaban J connectivity index is 1.33. The molecule has 3 aromatic heterocycles.